The molecule has 0 aromatic heterocycles. The molecule has 4 nitrogen and oxygen atoms in total. The van der Waals surface area contributed by atoms with Crippen molar-refractivity contribution in [1.29, 1.82) is 0 Å². The van der Waals surface area contributed by atoms with E-state index in [9.17, 15) is 9.90 Å². The van der Waals surface area contributed by atoms with Crippen molar-refractivity contribution in [3.05, 3.63) is 0 Å². The molecule has 1 fully saturated rings. The lowest BCUT2D eigenvalue weighted by Gasteiger charge is -2.39. The molecular weight excluding hydrogens is 196 g/mol. The summed E-state index contributed by atoms with van der Waals surface area (Å²) in [4.78, 5) is 11.1. The first-order valence-electron chi connectivity index (χ1n) is 5.56. The molecule has 0 aromatic carbocycles. The van der Waals surface area contributed by atoms with E-state index >= 15 is 0 Å². The Balaban J connectivity index is 2.74. The number of rotatable bonds is 4. The molecule has 3 atom stereocenters. The fourth-order valence-electron chi connectivity index (χ4n) is 2.32. The molecule has 3 unspecified atom stereocenters. The van der Waals surface area contributed by atoms with Crippen molar-refractivity contribution in [2.24, 2.45) is 5.92 Å². The fourth-order valence-corrected chi connectivity index (χ4v) is 2.32. The quantitative estimate of drug-likeness (QED) is 0.745. The molecular formula is C11H20O4. The molecule has 1 saturated heterocycles. The van der Waals surface area contributed by atoms with Crippen molar-refractivity contribution in [2.45, 2.75) is 51.2 Å². The first kappa shape index (κ1) is 12.5. The zero-order chi connectivity index (χ0) is 11.5. The lowest BCUT2D eigenvalue weighted by atomic mass is 9.77. The first-order chi connectivity index (χ1) is 6.99. The Labute approximate surface area is 90.2 Å². The highest BCUT2D eigenvalue weighted by Crippen LogP contribution is 2.34. The standard InChI is InChI=1S/C11H20O4/c1-3-4-9(10(12)13)11(14)5-6-15-8(2)7-11/h8-9,14H,3-7H2,1-2H3,(H,12,13). The molecule has 1 rings (SSSR count). The van der Waals surface area contributed by atoms with Crippen molar-refractivity contribution in [2.75, 3.05) is 6.61 Å². The maximum Gasteiger partial charge on any atom is 0.309 e. The van der Waals surface area contributed by atoms with Crippen LogP contribution in [-0.2, 0) is 9.53 Å². The SMILES string of the molecule is CCCC(C(=O)O)C1(O)CCOC(C)C1. The van der Waals surface area contributed by atoms with Gasteiger partial charge in [-0.15, -0.1) is 0 Å². The van der Waals surface area contributed by atoms with Gasteiger partial charge in [-0.1, -0.05) is 13.3 Å². The lowest BCUT2D eigenvalue weighted by molar-refractivity contribution is -0.166. The summed E-state index contributed by atoms with van der Waals surface area (Å²) >= 11 is 0. The maximum absolute atomic E-state index is 11.1. The van der Waals surface area contributed by atoms with Crippen LogP contribution in [0.1, 0.15) is 39.5 Å². The van der Waals surface area contributed by atoms with E-state index in [1.807, 2.05) is 13.8 Å². The second kappa shape index (κ2) is 4.94. The molecule has 1 heterocycles. The summed E-state index contributed by atoms with van der Waals surface area (Å²) in [7, 11) is 0. The minimum absolute atomic E-state index is 0.0533. The number of hydrogen-bond acceptors (Lipinski definition) is 3. The zero-order valence-electron chi connectivity index (χ0n) is 9.40. The molecule has 0 aliphatic carbocycles. The summed E-state index contributed by atoms with van der Waals surface area (Å²) < 4.78 is 5.33. The first-order valence-corrected chi connectivity index (χ1v) is 5.56. The maximum atomic E-state index is 11.1. The average molecular weight is 216 g/mol. The monoisotopic (exact) mass is 216 g/mol. The van der Waals surface area contributed by atoms with Crippen LogP contribution in [0.2, 0.25) is 0 Å². The number of ether oxygens (including phenoxy) is 1. The van der Waals surface area contributed by atoms with Crippen LogP contribution in [0.25, 0.3) is 0 Å². The molecule has 1 aliphatic rings. The van der Waals surface area contributed by atoms with Gasteiger partial charge in [0.15, 0.2) is 0 Å². The molecule has 0 aromatic rings. The van der Waals surface area contributed by atoms with E-state index in [-0.39, 0.29) is 6.10 Å². The average Bonchev–Trinajstić information content (AvgIpc) is 2.13. The second-order valence-corrected chi connectivity index (χ2v) is 4.42. The third-order valence-corrected chi connectivity index (χ3v) is 3.10. The van der Waals surface area contributed by atoms with Crippen molar-refractivity contribution < 1.29 is 19.7 Å². The number of aliphatic carboxylic acids is 1. The van der Waals surface area contributed by atoms with Gasteiger partial charge >= 0.3 is 5.97 Å². The molecule has 0 saturated carbocycles. The normalized spacial score (nSPS) is 33.7. The Kier molecular flexibility index (Phi) is 4.11. The van der Waals surface area contributed by atoms with Gasteiger partial charge in [-0.05, 0) is 13.3 Å². The van der Waals surface area contributed by atoms with Gasteiger partial charge in [-0.2, -0.15) is 0 Å². The van der Waals surface area contributed by atoms with Gasteiger partial charge in [0, 0.05) is 19.4 Å². The largest absolute Gasteiger partial charge is 0.481 e. The van der Waals surface area contributed by atoms with Gasteiger partial charge in [0.05, 0.1) is 17.6 Å². The van der Waals surface area contributed by atoms with Gasteiger partial charge < -0.3 is 14.9 Å². The molecule has 0 spiro atoms. The van der Waals surface area contributed by atoms with Gasteiger partial charge in [-0.25, -0.2) is 0 Å². The summed E-state index contributed by atoms with van der Waals surface area (Å²) in [6, 6.07) is 0. The second-order valence-electron chi connectivity index (χ2n) is 4.42. The number of carboxylic acids is 1. The zero-order valence-corrected chi connectivity index (χ0v) is 9.40. The summed E-state index contributed by atoms with van der Waals surface area (Å²) in [6.45, 7) is 4.25. The van der Waals surface area contributed by atoms with E-state index < -0.39 is 17.5 Å². The van der Waals surface area contributed by atoms with E-state index in [2.05, 4.69) is 0 Å². The number of hydrogen-bond donors (Lipinski definition) is 2. The van der Waals surface area contributed by atoms with Gasteiger partial charge in [0.2, 0.25) is 0 Å². The minimum atomic E-state index is -1.08. The summed E-state index contributed by atoms with van der Waals surface area (Å²) in [5, 5.41) is 19.4. The van der Waals surface area contributed by atoms with Crippen molar-refractivity contribution in [1.82, 2.24) is 0 Å². The summed E-state index contributed by atoms with van der Waals surface area (Å²) in [6.07, 6.45) is 2.09. The molecule has 0 bridgehead atoms. The predicted octanol–water partition coefficient (Wildman–Crippen LogP) is 1.42. The molecule has 4 heteroatoms. The van der Waals surface area contributed by atoms with Crippen LogP contribution in [0.15, 0.2) is 0 Å². The highest BCUT2D eigenvalue weighted by Gasteiger charge is 2.43. The van der Waals surface area contributed by atoms with Crippen molar-refractivity contribution in [3.8, 4) is 0 Å². The van der Waals surface area contributed by atoms with Gasteiger partial charge in [0.25, 0.3) is 0 Å². The van der Waals surface area contributed by atoms with Crippen molar-refractivity contribution in [3.63, 3.8) is 0 Å². The van der Waals surface area contributed by atoms with Gasteiger partial charge in [-0.3, -0.25) is 4.79 Å². The predicted molar refractivity (Wildman–Crippen MR) is 55.6 cm³/mol. The van der Waals surface area contributed by atoms with E-state index in [0.29, 0.717) is 25.9 Å². The van der Waals surface area contributed by atoms with E-state index in [1.165, 1.54) is 0 Å². The third-order valence-electron chi connectivity index (χ3n) is 3.10. The van der Waals surface area contributed by atoms with Crippen LogP contribution in [0.4, 0.5) is 0 Å². The Bertz CT molecular complexity index is 229. The molecule has 0 radical (unpaired) electrons. The molecule has 0 amide bonds. The Hall–Kier alpha value is -0.610. The van der Waals surface area contributed by atoms with Crippen LogP contribution < -0.4 is 0 Å². The van der Waals surface area contributed by atoms with Crippen LogP contribution in [0.5, 0.6) is 0 Å². The number of carboxylic acid groups (broad SMARTS) is 1. The lowest BCUT2D eigenvalue weighted by Crippen LogP contribution is -2.48. The number of aliphatic hydroxyl groups is 1. The molecule has 88 valence electrons. The van der Waals surface area contributed by atoms with E-state index in [4.69, 9.17) is 9.84 Å². The van der Waals surface area contributed by atoms with Crippen LogP contribution in [0.3, 0.4) is 0 Å². The van der Waals surface area contributed by atoms with Crippen LogP contribution in [0, 0.1) is 5.92 Å². The van der Waals surface area contributed by atoms with Crippen LogP contribution in [-0.4, -0.2) is 34.5 Å². The molecule has 1 aliphatic heterocycles. The summed E-state index contributed by atoms with van der Waals surface area (Å²) in [5.41, 5.74) is -1.08. The Morgan fingerprint density at radius 1 is 1.67 bits per heavy atom. The van der Waals surface area contributed by atoms with E-state index in [0.717, 1.165) is 6.42 Å². The Morgan fingerprint density at radius 2 is 2.33 bits per heavy atom. The highest BCUT2D eigenvalue weighted by atomic mass is 16.5. The minimum Gasteiger partial charge on any atom is -0.481 e. The molecule has 2 N–H and O–H groups in total. The Morgan fingerprint density at radius 3 is 2.80 bits per heavy atom. The molecule has 15 heavy (non-hydrogen) atoms. The van der Waals surface area contributed by atoms with Crippen molar-refractivity contribution >= 4 is 5.97 Å². The van der Waals surface area contributed by atoms with Crippen LogP contribution >= 0.6 is 0 Å². The highest BCUT2D eigenvalue weighted by molar-refractivity contribution is 5.71. The van der Waals surface area contributed by atoms with Gasteiger partial charge in [0.1, 0.15) is 0 Å². The fraction of sp³-hybridized carbons (Fsp3) is 0.909. The summed E-state index contributed by atoms with van der Waals surface area (Å²) in [5.74, 6) is -1.55. The third kappa shape index (κ3) is 2.92. The topological polar surface area (TPSA) is 66.8 Å². The smallest absolute Gasteiger partial charge is 0.309 e. The van der Waals surface area contributed by atoms with E-state index in [1.54, 1.807) is 0 Å². The number of carbonyl (C=O) groups is 1.